The van der Waals surface area contributed by atoms with Gasteiger partial charge < -0.3 is 19.6 Å². The summed E-state index contributed by atoms with van der Waals surface area (Å²) in [5, 5.41) is 0.947. The number of hydrogen-bond donors (Lipinski definition) is 0. The molecule has 0 aliphatic carbocycles. The molecule has 3 amide bonds. The minimum absolute atomic E-state index is 0.00278. The highest BCUT2D eigenvalue weighted by atomic mass is 35.5. The SMILES string of the molecule is CN(C)C(=O)N1CCN(C(=O)Cc2ccc(Cl)c(Cl)c2)C(CN2CCCC2)C1. The van der Waals surface area contributed by atoms with Crippen molar-refractivity contribution in [1.29, 1.82) is 0 Å². The lowest BCUT2D eigenvalue weighted by Gasteiger charge is -2.43. The topological polar surface area (TPSA) is 47.1 Å². The molecule has 154 valence electrons. The van der Waals surface area contributed by atoms with Gasteiger partial charge >= 0.3 is 6.03 Å². The fraction of sp³-hybridized carbons (Fsp3) is 0.600. The number of piperazine rings is 1. The second kappa shape index (κ2) is 9.33. The molecule has 28 heavy (non-hydrogen) atoms. The zero-order chi connectivity index (χ0) is 20.3. The molecule has 1 atom stereocenters. The average Bonchev–Trinajstić information content (AvgIpc) is 3.17. The van der Waals surface area contributed by atoms with Gasteiger partial charge in [-0.05, 0) is 43.6 Å². The van der Waals surface area contributed by atoms with E-state index in [4.69, 9.17) is 23.2 Å². The molecule has 2 saturated heterocycles. The Morgan fingerprint density at radius 1 is 1.07 bits per heavy atom. The fourth-order valence-corrected chi connectivity index (χ4v) is 4.31. The Bertz CT molecular complexity index is 722. The summed E-state index contributed by atoms with van der Waals surface area (Å²) in [6.45, 7) is 4.61. The molecule has 3 rings (SSSR count). The van der Waals surface area contributed by atoms with Gasteiger partial charge in [-0.15, -0.1) is 0 Å². The van der Waals surface area contributed by atoms with Crippen LogP contribution in [0.3, 0.4) is 0 Å². The summed E-state index contributed by atoms with van der Waals surface area (Å²) in [6, 6.07) is 5.33. The van der Waals surface area contributed by atoms with E-state index in [1.54, 1.807) is 31.1 Å². The molecule has 2 aliphatic rings. The first-order chi connectivity index (χ1) is 13.3. The third-order valence-corrected chi connectivity index (χ3v) is 6.20. The summed E-state index contributed by atoms with van der Waals surface area (Å²) in [5.74, 6) is 0.0690. The maximum Gasteiger partial charge on any atom is 0.319 e. The van der Waals surface area contributed by atoms with Crippen LogP contribution in [0.25, 0.3) is 0 Å². The predicted molar refractivity (Wildman–Crippen MR) is 112 cm³/mol. The van der Waals surface area contributed by atoms with Gasteiger partial charge in [0.1, 0.15) is 0 Å². The Kier molecular flexibility index (Phi) is 7.07. The average molecular weight is 427 g/mol. The van der Waals surface area contributed by atoms with Crippen LogP contribution in [0.2, 0.25) is 10.0 Å². The van der Waals surface area contributed by atoms with E-state index in [0.29, 0.717) is 29.7 Å². The molecule has 0 aromatic heterocycles. The maximum absolute atomic E-state index is 13.1. The highest BCUT2D eigenvalue weighted by Crippen LogP contribution is 2.24. The first kappa shape index (κ1) is 21.2. The molecule has 1 aromatic rings. The lowest BCUT2D eigenvalue weighted by Crippen LogP contribution is -2.61. The number of carbonyl (C=O) groups excluding carboxylic acids is 2. The van der Waals surface area contributed by atoms with Gasteiger partial charge in [-0.1, -0.05) is 29.3 Å². The molecule has 0 N–H and O–H groups in total. The van der Waals surface area contributed by atoms with Crippen LogP contribution in [0.5, 0.6) is 0 Å². The second-order valence-electron chi connectivity index (χ2n) is 7.80. The third-order valence-electron chi connectivity index (χ3n) is 5.46. The largest absolute Gasteiger partial charge is 0.335 e. The van der Waals surface area contributed by atoms with Gasteiger partial charge in [0.2, 0.25) is 5.91 Å². The van der Waals surface area contributed by atoms with Crippen molar-refractivity contribution in [1.82, 2.24) is 19.6 Å². The number of rotatable bonds is 4. The lowest BCUT2D eigenvalue weighted by atomic mass is 10.1. The second-order valence-corrected chi connectivity index (χ2v) is 8.61. The van der Waals surface area contributed by atoms with Crippen LogP contribution in [0.15, 0.2) is 18.2 Å². The molecule has 0 saturated carbocycles. The van der Waals surface area contributed by atoms with Crippen molar-refractivity contribution in [3.63, 3.8) is 0 Å². The molecule has 6 nitrogen and oxygen atoms in total. The van der Waals surface area contributed by atoms with Crippen molar-refractivity contribution in [3.05, 3.63) is 33.8 Å². The Morgan fingerprint density at radius 3 is 2.43 bits per heavy atom. The number of carbonyl (C=O) groups is 2. The van der Waals surface area contributed by atoms with E-state index in [1.165, 1.54) is 12.8 Å². The van der Waals surface area contributed by atoms with E-state index in [0.717, 1.165) is 25.2 Å². The minimum atomic E-state index is 0.00278. The van der Waals surface area contributed by atoms with Crippen LogP contribution in [-0.2, 0) is 11.2 Å². The van der Waals surface area contributed by atoms with E-state index >= 15 is 0 Å². The normalized spacial score (nSPS) is 20.5. The van der Waals surface area contributed by atoms with E-state index in [9.17, 15) is 9.59 Å². The van der Waals surface area contributed by atoms with Crippen molar-refractivity contribution in [2.24, 2.45) is 0 Å². The van der Waals surface area contributed by atoms with E-state index in [1.807, 2.05) is 15.9 Å². The highest BCUT2D eigenvalue weighted by molar-refractivity contribution is 6.42. The summed E-state index contributed by atoms with van der Waals surface area (Å²) < 4.78 is 0. The van der Waals surface area contributed by atoms with Crippen LogP contribution in [0, 0.1) is 0 Å². The standard InChI is InChI=1S/C20H28Cl2N4O2/c1-23(2)20(28)25-9-10-26(16(14-25)13-24-7-3-4-8-24)19(27)12-15-5-6-17(21)18(22)11-15/h5-6,11,16H,3-4,7-10,12-14H2,1-2H3. The predicted octanol–water partition coefficient (Wildman–Crippen LogP) is 2.83. The van der Waals surface area contributed by atoms with Crippen molar-refractivity contribution in [2.75, 3.05) is 53.4 Å². The summed E-state index contributed by atoms with van der Waals surface area (Å²) in [4.78, 5) is 33.3. The van der Waals surface area contributed by atoms with Gasteiger partial charge in [0.05, 0.1) is 22.5 Å². The number of urea groups is 1. The Hall–Kier alpha value is -1.50. The number of benzene rings is 1. The molecule has 0 radical (unpaired) electrons. The minimum Gasteiger partial charge on any atom is -0.335 e. The monoisotopic (exact) mass is 426 g/mol. The number of hydrogen-bond acceptors (Lipinski definition) is 3. The summed E-state index contributed by atoms with van der Waals surface area (Å²) in [5.41, 5.74) is 0.853. The smallest absolute Gasteiger partial charge is 0.319 e. The zero-order valence-corrected chi connectivity index (χ0v) is 18.0. The van der Waals surface area contributed by atoms with E-state index in [-0.39, 0.29) is 24.4 Å². The first-order valence-corrected chi connectivity index (χ1v) is 10.5. The molecule has 2 heterocycles. The van der Waals surface area contributed by atoms with Crippen LogP contribution >= 0.6 is 23.2 Å². The van der Waals surface area contributed by atoms with Crippen LogP contribution in [0.4, 0.5) is 4.79 Å². The number of likely N-dealkylation sites (tertiary alicyclic amines) is 1. The van der Waals surface area contributed by atoms with Gasteiger partial charge in [0.25, 0.3) is 0 Å². The summed E-state index contributed by atoms with van der Waals surface area (Å²) >= 11 is 12.1. The number of nitrogens with zero attached hydrogens (tertiary/aromatic N) is 4. The van der Waals surface area contributed by atoms with Crippen molar-refractivity contribution in [3.8, 4) is 0 Å². The highest BCUT2D eigenvalue weighted by Gasteiger charge is 2.34. The maximum atomic E-state index is 13.1. The Labute approximate surface area is 176 Å². The van der Waals surface area contributed by atoms with Crippen LogP contribution in [-0.4, -0.2) is 90.9 Å². The third kappa shape index (κ3) is 5.10. The fourth-order valence-electron chi connectivity index (χ4n) is 3.99. The first-order valence-electron chi connectivity index (χ1n) is 9.77. The van der Waals surface area contributed by atoms with Crippen LogP contribution in [0.1, 0.15) is 18.4 Å². The molecule has 2 fully saturated rings. The quantitative estimate of drug-likeness (QED) is 0.743. The van der Waals surface area contributed by atoms with Gasteiger partial charge in [-0.25, -0.2) is 4.79 Å². The molecule has 0 bridgehead atoms. The number of amides is 3. The van der Waals surface area contributed by atoms with E-state index in [2.05, 4.69) is 4.90 Å². The van der Waals surface area contributed by atoms with Gasteiger partial charge in [0, 0.05) is 40.3 Å². The van der Waals surface area contributed by atoms with Gasteiger partial charge in [0.15, 0.2) is 0 Å². The Morgan fingerprint density at radius 2 is 1.79 bits per heavy atom. The summed E-state index contributed by atoms with van der Waals surface area (Å²) in [6.07, 6.45) is 2.68. The van der Waals surface area contributed by atoms with Crippen LogP contribution < -0.4 is 0 Å². The summed E-state index contributed by atoms with van der Waals surface area (Å²) in [7, 11) is 3.53. The van der Waals surface area contributed by atoms with Gasteiger partial charge in [-0.3, -0.25) is 4.79 Å². The molecular formula is C20H28Cl2N4O2. The molecule has 1 aromatic carbocycles. The zero-order valence-electron chi connectivity index (χ0n) is 16.5. The van der Waals surface area contributed by atoms with Crippen molar-refractivity contribution in [2.45, 2.75) is 25.3 Å². The molecule has 8 heteroatoms. The molecule has 0 spiro atoms. The van der Waals surface area contributed by atoms with Crippen molar-refractivity contribution >= 4 is 35.1 Å². The van der Waals surface area contributed by atoms with E-state index < -0.39 is 0 Å². The Balaban J connectivity index is 1.71. The number of halogens is 2. The van der Waals surface area contributed by atoms with Gasteiger partial charge in [-0.2, -0.15) is 0 Å². The van der Waals surface area contributed by atoms with Crippen molar-refractivity contribution < 1.29 is 9.59 Å². The molecule has 1 unspecified atom stereocenters. The molecular weight excluding hydrogens is 399 g/mol. The lowest BCUT2D eigenvalue weighted by molar-refractivity contribution is -0.135. The molecule has 2 aliphatic heterocycles.